The molecule has 0 aliphatic rings. The van der Waals surface area contributed by atoms with Gasteiger partial charge in [-0.2, -0.15) is 0 Å². The zero-order valence-corrected chi connectivity index (χ0v) is 19.5. The maximum atomic E-state index is 5.93. The van der Waals surface area contributed by atoms with Gasteiger partial charge in [0, 0.05) is 47.1 Å². The van der Waals surface area contributed by atoms with E-state index in [4.69, 9.17) is 28.2 Å². The molecule has 1 heterocycles. The van der Waals surface area contributed by atoms with E-state index in [0.717, 1.165) is 43.5 Å². The first-order valence-electron chi connectivity index (χ1n) is 11.0. The number of aromatic nitrogens is 1. The Morgan fingerprint density at radius 2 is 1.55 bits per heavy atom. The van der Waals surface area contributed by atoms with Gasteiger partial charge in [0.05, 0.1) is 16.7 Å². The first-order valence-corrected chi connectivity index (χ1v) is 12.1. The second-order valence-electron chi connectivity index (χ2n) is 8.09. The highest BCUT2D eigenvalue weighted by molar-refractivity contribution is 6.18. The standard InChI is InChI=1S/C26H29Cl2N3/c1-19(7-6-16-31(17-14-27)18-15-28)29-26-22-10-4-5-11-24(22)30-25-21-9-3-2-8-20(21)12-13-23(25)26/h2-5,8-13,19H,6-7,14-18H2,1H3,(H,29,30). The quantitative estimate of drug-likeness (QED) is 0.160. The molecule has 4 aromatic rings. The number of anilines is 1. The number of nitrogens with zero attached hydrogens (tertiary/aromatic N) is 2. The Hall–Kier alpha value is -2.07. The van der Waals surface area contributed by atoms with Crippen LogP contribution in [-0.2, 0) is 0 Å². The van der Waals surface area contributed by atoms with Crippen LogP contribution in [0.5, 0.6) is 0 Å². The predicted octanol–water partition coefficient (Wildman–Crippen LogP) is 6.90. The van der Waals surface area contributed by atoms with Gasteiger partial charge in [-0.15, -0.1) is 23.2 Å². The minimum absolute atomic E-state index is 0.342. The van der Waals surface area contributed by atoms with Crippen molar-refractivity contribution >= 4 is 61.5 Å². The van der Waals surface area contributed by atoms with Gasteiger partial charge in [0.25, 0.3) is 0 Å². The molecule has 1 atom stereocenters. The average molecular weight is 454 g/mol. The van der Waals surface area contributed by atoms with E-state index < -0.39 is 0 Å². The van der Waals surface area contributed by atoms with Crippen molar-refractivity contribution < 1.29 is 0 Å². The van der Waals surface area contributed by atoms with Gasteiger partial charge in [0.2, 0.25) is 0 Å². The number of pyridine rings is 1. The SMILES string of the molecule is CC(CCCN(CCCl)CCCl)Nc1c2ccccc2nc2c1ccc1ccccc12. The van der Waals surface area contributed by atoms with Crippen LogP contribution < -0.4 is 5.32 Å². The lowest BCUT2D eigenvalue weighted by molar-refractivity contribution is 0.298. The second kappa shape index (κ2) is 10.5. The molecule has 0 amide bonds. The summed E-state index contributed by atoms with van der Waals surface area (Å²) < 4.78 is 0. The molecule has 0 saturated heterocycles. The summed E-state index contributed by atoms with van der Waals surface area (Å²) in [7, 11) is 0. The fourth-order valence-corrected chi connectivity index (χ4v) is 4.77. The summed E-state index contributed by atoms with van der Waals surface area (Å²) in [5.41, 5.74) is 3.26. The van der Waals surface area contributed by atoms with Gasteiger partial charge in [-0.1, -0.05) is 54.6 Å². The second-order valence-corrected chi connectivity index (χ2v) is 8.85. The van der Waals surface area contributed by atoms with Crippen molar-refractivity contribution in [3.8, 4) is 0 Å². The topological polar surface area (TPSA) is 28.2 Å². The van der Waals surface area contributed by atoms with E-state index in [-0.39, 0.29) is 0 Å². The zero-order chi connectivity index (χ0) is 21.6. The van der Waals surface area contributed by atoms with Gasteiger partial charge in [0.1, 0.15) is 0 Å². The van der Waals surface area contributed by atoms with E-state index in [0.29, 0.717) is 17.8 Å². The Balaban J connectivity index is 1.62. The first kappa shape index (κ1) is 22.1. The molecule has 3 nitrogen and oxygen atoms in total. The molecule has 5 heteroatoms. The van der Waals surface area contributed by atoms with Gasteiger partial charge < -0.3 is 10.2 Å². The number of hydrogen-bond acceptors (Lipinski definition) is 3. The Labute approximate surface area is 194 Å². The molecule has 0 saturated carbocycles. The third-order valence-electron chi connectivity index (χ3n) is 5.88. The van der Waals surface area contributed by atoms with Crippen LogP contribution in [0, 0.1) is 0 Å². The summed E-state index contributed by atoms with van der Waals surface area (Å²) in [6.45, 7) is 5.06. The molecule has 0 radical (unpaired) electrons. The predicted molar refractivity (Wildman–Crippen MR) is 137 cm³/mol. The molecule has 1 aromatic heterocycles. The number of fused-ring (bicyclic) bond motifs is 4. The van der Waals surface area contributed by atoms with Gasteiger partial charge in [-0.3, -0.25) is 0 Å². The van der Waals surface area contributed by atoms with Crippen molar-refractivity contribution in [2.45, 2.75) is 25.8 Å². The van der Waals surface area contributed by atoms with E-state index in [2.05, 4.69) is 77.8 Å². The van der Waals surface area contributed by atoms with Gasteiger partial charge in [0.15, 0.2) is 0 Å². The number of para-hydroxylation sites is 1. The summed E-state index contributed by atoms with van der Waals surface area (Å²) in [5, 5.41) is 8.58. The van der Waals surface area contributed by atoms with Crippen molar-refractivity contribution in [1.82, 2.24) is 9.88 Å². The van der Waals surface area contributed by atoms with Crippen LogP contribution in [0.1, 0.15) is 19.8 Å². The van der Waals surface area contributed by atoms with Crippen molar-refractivity contribution in [2.24, 2.45) is 0 Å². The Bertz CT molecular complexity index is 1160. The molecular formula is C26H29Cl2N3. The zero-order valence-electron chi connectivity index (χ0n) is 18.0. The van der Waals surface area contributed by atoms with Crippen molar-refractivity contribution in [2.75, 3.05) is 36.7 Å². The molecule has 0 bridgehead atoms. The van der Waals surface area contributed by atoms with Gasteiger partial charge >= 0.3 is 0 Å². The van der Waals surface area contributed by atoms with Crippen LogP contribution in [0.25, 0.3) is 32.6 Å². The van der Waals surface area contributed by atoms with Crippen molar-refractivity contribution in [3.63, 3.8) is 0 Å². The summed E-state index contributed by atoms with van der Waals surface area (Å²) in [4.78, 5) is 7.37. The highest BCUT2D eigenvalue weighted by atomic mass is 35.5. The highest BCUT2D eigenvalue weighted by Crippen LogP contribution is 2.35. The molecule has 162 valence electrons. The fraction of sp³-hybridized carbons (Fsp3) is 0.346. The normalized spacial score (nSPS) is 12.8. The lowest BCUT2D eigenvalue weighted by Gasteiger charge is -2.22. The van der Waals surface area contributed by atoms with E-state index >= 15 is 0 Å². The van der Waals surface area contributed by atoms with E-state index in [1.165, 1.54) is 27.2 Å². The highest BCUT2D eigenvalue weighted by Gasteiger charge is 2.14. The van der Waals surface area contributed by atoms with Crippen LogP contribution in [0.4, 0.5) is 5.69 Å². The maximum Gasteiger partial charge on any atom is 0.0808 e. The van der Waals surface area contributed by atoms with E-state index in [1.54, 1.807) is 0 Å². The molecular weight excluding hydrogens is 425 g/mol. The smallest absolute Gasteiger partial charge is 0.0808 e. The Kier molecular flexibility index (Phi) is 7.49. The number of benzene rings is 3. The molecule has 0 fully saturated rings. The minimum atomic E-state index is 0.342. The molecule has 0 spiro atoms. The molecule has 1 unspecified atom stereocenters. The Morgan fingerprint density at radius 3 is 2.32 bits per heavy atom. The lowest BCUT2D eigenvalue weighted by atomic mass is 10.0. The van der Waals surface area contributed by atoms with Crippen LogP contribution in [0.15, 0.2) is 60.7 Å². The summed E-state index contributed by atoms with van der Waals surface area (Å²) in [6, 6.07) is 21.6. The summed E-state index contributed by atoms with van der Waals surface area (Å²) >= 11 is 11.9. The van der Waals surface area contributed by atoms with Crippen LogP contribution in [0.2, 0.25) is 0 Å². The largest absolute Gasteiger partial charge is 0.381 e. The molecule has 0 aliphatic heterocycles. The molecule has 4 rings (SSSR count). The number of rotatable bonds is 10. The van der Waals surface area contributed by atoms with Gasteiger partial charge in [-0.05, 0) is 37.8 Å². The van der Waals surface area contributed by atoms with Crippen LogP contribution >= 0.6 is 23.2 Å². The Morgan fingerprint density at radius 1 is 0.839 bits per heavy atom. The first-order chi connectivity index (χ1) is 15.2. The molecule has 0 aliphatic carbocycles. The summed E-state index contributed by atoms with van der Waals surface area (Å²) in [5.74, 6) is 1.29. The number of hydrogen-bond donors (Lipinski definition) is 1. The maximum absolute atomic E-state index is 5.93. The fourth-order valence-electron chi connectivity index (χ4n) is 4.29. The van der Waals surface area contributed by atoms with Crippen molar-refractivity contribution in [1.29, 1.82) is 0 Å². The number of nitrogens with one attached hydrogen (secondary N) is 1. The lowest BCUT2D eigenvalue weighted by Crippen LogP contribution is -2.30. The van der Waals surface area contributed by atoms with Crippen LogP contribution in [0.3, 0.4) is 0 Å². The van der Waals surface area contributed by atoms with Crippen molar-refractivity contribution in [3.05, 3.63) is 60.7 Å². The molecule has 3 aromatic carbocycles. The number of halogens is 2. The minimum Gasteiger partial charge on any atom is -0.381 e. The number of alkyl halides is 2. The molecule has 31 heavy (non-hydrogen) atoms. The monoisotopic (exact) mass is 453 g/mol. The van der Waals surface area contributed by atoms with Crippen LogP contribution in [-0.4, -0.2) is 47.3 Å². The third-order valence-corrected chi connectivity index (χ3v) is 6.22. The summed E-state index contributed by atoms with van der Waals surface area (Å²) in [6.07, 6.45) is 2.18. The average Bonchev–Trinajstić information content (AvgIpc) is 2.79. The molecule has 1 N–H and O–H groups in total. The van der Waals surface area contributed by atoms with Gasteiger partial charge in [-0.25, -0.2) is 4.98 Å². The third kappa shape index (κ3) is 5.06. The van der Waals surface area contributed by atoms with E-state index in [9.17, 15) is 0 Å². The van der Waals surface area contributed by atoms with E-state index in [1.807, 2.05) is 0 Å².